The number of hydrogen-bond donors (Lipinski definition) is 1. The fourth-order valence-electron chi connectivity index (χ4n) is 1.17. The lowest BCUT2D eigenvalue weighted by Gasteiger charge is -2.19. The number of carbonyl (C=O) groups excluding carboxylic acids is 1. The number of pyridine rings is 1. The third-order valence-electron chi connectivity index (χ3n) is 1.90. The fraction of sp³-hybridized carbons (Fsp3) is 0.300. The standard InChI is InChI=1S/C10H13N3OS/c1-2-13(7-9(11)15)10(14)8-5-3-4-6-12-8/h3-6H,2,7H2,1H3,(H2,11,15). The summed E-state index contributed by atoms with van der Waals surface area (Å²) in [5.74, 6) is -0.147. The van der Waals surface area contributed by atoms with Gasteiger partial charge in [0, 0.05) is 12.7 Å². The lowest BCUT2D eigenvalue weighted by atomic mass is 10.3. The molecule has 5 heteroatoms. The van der Waals surface area contributed by atoms with Gasteiger partial charge in [0.05, 0.1) is 11.5 Å². The second kappa shape index (κ2) is 5.41. The molecule has 1 aromatic rings. The Balaban J connectivity index is 2.78. The van der Waals surface area contributed by atoms with Crippen LogP contribution in [-0.4, -0.2) is 33.9 Å². The number of rotatable bonds is 4. The zero-order valence-corrected chi connectivity index (χ0v) is 9.33. The van der Waals surface area contributed by atoms with Crippen LogP contribution in [-0.2, 0) is 0 Å². The van der Waals surface area contributed by atoms with E-state index in [1.807, 2.05) is 6.92 Å². The largest absolute Gasteiger partial charge is 0.392 e. The van der Waals surface area contributed by atoms with E-state index in [2.05, 4.69) is 4.98 Å². The molecule has 1 heterocycles. The number of aromatic nitrogens is 1. The second-order valence-corrected chi connectivity index (χ2v) is 3.52. The molecule has 1 aromatic heterocycles. The number of nitrogens with two attached hydrogens (primary N) is 1. The number of amides is 1. The molecule has 0 aliphatic heterocycles. The van der Waals surface area contributed by atoms with E-state index >= 15 is 0 Å². The lowest BCUT2D eigenvalue weighted by molar-refractivity contribution is 0.0782. The van der Waals surface area contributed by atoms with Crippen LogP contribution in [0.25, 0.3) is 0 Å². The summed E-state index contributed by atoms with van der Waals surface area (Å²) < 4.78 is 0. The zero-order chi connectivity index (χ0) is 11.3. The molecule has 2 N–H and O–H groups in total. The van der Waals surface area contributed by atoms with E-state index in [1.54, 1.807) is 29.3 Å². The summed E-state index contributed by atoms with van der Waals surface area (Å²) in [6.07, 6.45) is 1.59. The van der Waals surface area contributed by atoms with Gasteiger partial charge >= 0.3 is 0 Å². The van der Waals surface area contributed by atoms with Crippen molar-refractivity contribution in [1.82, 2.24) is 9.88 Å². The average molecular weight is 223 g/mol. The van der Waals surface area contributed by atoms with Crippen molar-refractivity contribution in [1.29, 1.82) is 0 Å². The summed E-state index contributed by atoms with van der Waals surface area (Å²) in [6, 6.07) is 5.21. The topological polar surface area (TPSA) is 59.2 Å². The molecule has 0 radical (unpaired) electrons. The highest BCUT2D eigenvalue weighted by molar-refractivity contribution is 7.80. The lowest BCUT2D eigenvalue weighted by Crippen LogP contribution is -2.37. The smallest absolute Gasteiger partial charge is 0.272 e. The summed E-state index contributed by atoms with van der Waals surface area (Å²) in [5.41, 5.74) is 5.81. The normalized spacial score (nSPS) is 9.67. The Kier molecular flexibility index (Phi) is 4.17. The van der Waals surface area contributed by atoms with Crippen molar-refractivity contribution in [3.05, 3.63) is 30.1 Å². The van der Waals surface area contributed by atoms with Crippen LogP contribution in [0.1, 0.15) is 17.4 Å². The number of hydrogen-bond acceptors (Lipinski definition) is 3. The van der Waals surface area contributed by atoms with E-state index in [0.29, 0.717) is 23.8 Å². The van der Waals surface area contributed by atoms with Crippen LogP contribution in [0.5, 0.6) is 0 Å². The highest BCUT2D eigenvalue weighted by Crippen LogP contribution is 2.00. The van der Waals surface area contributed by atoms with Crippen molar-refractivity contribution >= 4 is 23.1 Å². The summed E-state index contributed by atoms with van der Waals surface area (Å²) >= 11 is 4.77. The van der Waals surface area contributed by atoms with E-state index in [9.17, 15) is 4.79 Å². The first-order chi connectivity index (χ1) is 7.15. The Hall–Kier alpha value is -1.49. The van der Waals surface area contributed by atoms with Gasteiger partial charge in [-0.3, -0.25) is 9.78 Å². The maximum atomic E-state index is 11.9. The molecule has 0 saturated carbocycles. The third kappa shape index (κ3) is 3.28. The molecule has 0 aromatic carbocycles. The van der Waals surface area contributed by atoms with Crippen LogP contribution in [0.15, 0.2) is 24.4 Å². The van der Waals surface area contributed by atoms with E-state index in [1.165, 1.54) is 0 Å². The maximum absolute atomic E-state index is 11.9. The Bertz CT molecular complexity index is 353. The zero-order valence-electron chi connectivity index (χ0n) is 8.51. The molecule has 80 valence electrons. The molecule has 0 fully saturated rings. The molecular weight excluding hydrogens is 210 g/mol. The van der Waals surface area contributed by atoms with Gasteiger partial charge in [0.15, 0.2) is 0 Å². The van der Waals surface area contributed by atoms with Crippen LogP contribution in [0, 0.1) is 0 Å². The van der Waals surface area contributed by atoms with Gasteiger partial charge in [-0.2, -0.15) is 0 Å². The quantitative estimate of drug-likeness (QED) is 0.768. The van der Waals surface area contributed by atoms with Crippen LogP contribution in [0.4, 0.5) is 0 Å². The Morgan fingerprint density at radius 1 is 1.60 bits per heavy atom. The molecule has 1 amide bonds. The minimum Gasteiger partial charge on any atom is -0.392 e. The van der Waals surface area contributed by atoms with E-state index in [-0.39, 0.29) is 5.91 Å². The first-order valence-corrected chi connectivity index (χ1v) is 5.04. The van der Waals surface area contributed by atoms with Crippen molar-refractivity contribution < 1.29 is 4.79 Å². The highest BCUT2D eigenvalue weighted by atomic mass is 32.1. The van der Waals surface area contributed by atoms with Crippen molar-refractivity contribution in [2.24, 2.45) is 5.73 Å². The van der Waals surface area contributed by atoms with Crippen molar-refractivity contribution in [3.63, 3.8) is 0 Å². The first-order valence-electron chi connectivity index (χ1n) is 4.63. The molecular formula is C10H13N3OS. The molecule has 1 rings (SSSR count). The van der Waals surface area contributed by atoms with Gasteiger partial charge in [-0.1, -0.05) is 18.3 Å². The Morgan fingerprint density at radius 3 is 2.80 bits per heavy atom. The van der Waals surface area contributed by atoms with Crippen molar-refractivity contribution in [2.75, 3.05) is 13.1 Å². The van der Waals surface area contributed by atoms with E-state index < -0.39 is 0 Å². The molecule has 0 bridgehead atoms. The van der Waals surface area contributed by atoms with Gasteiger partial charge in [0.1, 0.15) is 5.69 Å². The molecule has 0 aliphatic carbocycles. The summed E-state index contributed by atoms with van der Waals surface area (Å²) in [6.45, 7) is 2.73. The third-order valence-corrected chi connectivity index (χ3v) is 2.03. The average Bonchev–Trinajstić information content (AvgIpc) is 2.26. The number of likely N-dealkylation sites (N-methyl/N-ethyl adjacent to an activating group) is 1. The van der Waals surface area contributed by atoms with Gasteiger partial charge < -0.3 is 10.6 Å². The molecule has 0 aliphatic rings. The molecule has 0 saturated heterocycles. The monoisotopic (exact) mass is 223 g/mol. The van der Waals surface area contributed by atoms with E-state index in [0.717, 1.165) is 0 Å². The van der Waals surface area contributed by atoms with Gasteiger partial charge in [-0.25, -0.2) is 0 Å². The van der Waals surface area contributed by atoms with Crippen molar-refractivity contribution in [3.8, 4) is 0 Å². The molecule has 4 nitrogen and oxygen atoms in total. The van der Waals surface area contributed by atoms with E-state index in [4.69, 9.17) is 18.0 Å². The predicted molar refractivity (Wildman–Crippen MR) is 62.6 cm³/mol. The van der Waals surface area contributed by atoms with Gasteiger partial charge in [-0.15, -0.1) is 0 Å². The van der Waals surface area contributed by atoms with Crippen LogP contribution < -0.4 is 5.73 Å². The van der Waals surface area contributed by atoms with Crippen LogP contribution in [0.3, 0.4) is 0 Å². The van der Waals surface area contributed by atoms with Gasteiger partial charge in [0.25, 0.3) is 5.91 Å². The number of nitrogens with zero attached hydrogens (tertiary/aromatic N) is 2. The first kappa shape index (κ1) is 11.6. The van der Waals surface area contributed by atoms with Crippen LogP contribution in [0.2, 0.25) is 0 Å². The summed E-state index contributed by atoms with van der Waals surface area (Å²) in [5, 5.41) is 0. The van der Waals surface area contributed by atoms with Gasteiger partial charge in [-0.05, 0) is 19.1 Å². The predicted octanol–water partition coefficient (Wildman–Crippen LogP) is 0.830. The SMILES string of the molecule is CCN(CC(N)=S)C(=O)c1ccccn1. The molecule has 0 spiro atoms. The Morgan fingerprint density at radius 2 is 2.33 bits per heavy atom. The van der Waals surface area contributed by atoms with Crippen molar-refractivity contribution in [2.45, 2.75) is 6.92 Å². The molecule has 0 unspecified atom stereocenters. The number of thiocarbonyl (C=S) groups is 1. The molecule has 15 heavy (non-hydrogen) atoms. The highest BCUT2D eigenvalue weighted by Gasteiger charge is 2.15. The second-order valence-electron chi connectivity index (χ2n) is 3.00. The van der Waals surface area contributed by atoms with Gasteiger partial charge in [0.2, 0.25) is 0 Å². The number of carbonyl (C=O) groups is 1. The summed E-state index contributed by atoms with van der Waals surface area (Å²) in [4.78, 5) is 17.7. The Labute approximate surface area is 94.1 Å². The molecule has 0 atom stereocenters. The minimum atomic E-state index is -0.147. The summed E-state index contributed by atoms with van der Waals surface area (Å²) in [7, 11) is 0. The maximum Gasteiger partial charge on any atom is 0.272 e. The fourth-order valence-corrected chi connectivity index (χ4v) is 1.32. The minimum absolute atomic E-state index is 0.147. The van der Waals surface area contributed by atoms with Crippen LogP contribution >= 0.6 is 12.2 Å².